The number of anilines is 1. The number of carbonyl (C=O) groups excluding carboxylic acids is 1. The van der Waals surface area contributed by atoms with E-state index >= 15 is 0 Å². The fourth-order valence-electron chi connectivity index (χ4n) is 2.20. The molecule has 18 heavy (non-hydrogen) atoms. The van der Waals surface area contributed by atoms with Crippen molar-refractivity contribution in [3.05, 3.63) is 29.3 Å². The van der Waals surface area contributed by atoms with Gasteiger partial charge >= 0.3 is 0 Å². The third kappa shape index (κ3) is 2.64. The van der Waals surface area contributed by atoms with Crippen LogP contribution in [0.3, 0.4) is 0 Å². The van der Waals surface area contributed by atoms with Crippen molar-refractivity contribution < 1.29 is 4.79 Å². The smallest absolute Gasteiger partial charge is 0.251 e. The van der Waals surface area contributed by atoms with E-state index in [0.717, 1.165) is 29.8 Å². The SMILES string of the molecule is CCC1(CNC(=O)c2ccc(NN)cc2C)CC1. The molecule has 0 atom stereocenters. The van der Waals surface area contributed by atoms with E-state index in [0.29, 0.717) is 5.41 Å². The van der Waals surface area contributed by atoms with Crippen molar-refractivity contribution in [3.8, 4) is 0 Å². The van der Waals surface area contributed by atoms with Gasteiger partial charge < -0.3 is 10.7 Å². The minimum absolute atomic E-state index is 0.01000. The Kier molecular flexibility index (Phi) is 3.57. The number of nitrogens with one attached hydrogen (secondary N) is 2. The molecular formula is C14H21N3O. The Morgan fingerprint density at radius 2 is 2.17 bits per heavy atom. The topological polar surface area (TPSA) is 67.2 Å². The van der Waals surface area contributed by atoms with Crippen molar-refractivity contribution >= 4 is 11.6 Å². The number of hydrazine groups is 1. The van der Waals surface area contributed by atoms with Crippen LogP contribution in [0.5, 0.6) is 0 Å². The number of rotatable bonds is 5. The molecule has 4 heteroatoms. The second-order valence-corrected chi connectivity index (χ2v) is 5.21. The highest BCUT2D eigenvalue weighted by atomic mass is 16.1. The van der Waals surface area contributed by atoms with Crippen LogP contribution in [-0.4, -0.2) is 12.5 Å². The molecule has 2 rings (SSSR count). The van der Waals surface area contributed by atoms with E-state index in [2.05, 4.69) is 17.7 Å². The third-order valence-corrected chi connectivity index (χ3v) is 3.97. The minimum Gasteiger partial charge on any atom is -0.351 e. The number of aryl methyl sites for hydroxylation is 1. The zero-order valence-corrected chi connectivity index (χ0v) is 11.0. The molecule has 4 N–H and O–H groups in total. The number of amides is 1. The number of hydrogen-bond donors (Lipinski definition) is 3. The van der Waals surface area contributed by atoms with Gasteiger partial charge in [0.1, 0.15) is 0 Å². The van der Waals surface area contributed by atoms with Crippen molar-refractivity contribution in [2.45, 2.75) is 33.1 Å². The molecule has 0 unspecified atom stereocenters. The lowest BCUT2D eigenvalue weighted by Gasteiger charge is -2.14. The van der Waals surface area contributed by atoms with Crippen LogP contribution in [0.15, 0.2) is 18.2 Å². The van der Waals surface area contributed by atoms with E-state index in [1.807, 2.05) is 25.1 Å². The van der Waals surface area contributed by atoms with E-state index in [4.69, 9.17) is 5.84 Å². The summed E-state index contributed by atoms with van der Waals surface area (Å²) in [6.07, 6.45) is 3.61. The molecule has 1 aliphatic rings. The molecule has 1 aliphatic carbocycles. The van der Waals surface area contributed by atoms with Gasteiger partial charge in [-0.25, -0.2) is 0 Å². The Balaban J connectivity index is 2.00. The van der Waals surface area contributed by atoms with E-state index < -0.39 is 0 Å². The summed E-state index contributed by atoms with van der Waals surface area (Å²) in [5.74, 6) is 5.35. The lowest BCUT2D eigenvalue weighted by atomic mass is 10.0. The quantitative estimate of drug-likeness (QED) is 0.552. The summed E-state index contributed by atoms with van der Waals surface area (Å²) in [6, 6.07) is 5.50. The number of carbonyl (C=O) groups is 1. The monoisotopic (exact) mass is 247 g/mol. The Labute approximate surface area is 108 Å². The van der Waals surface area contributed by atoms with Crippen molar-refractivity contribution in [3.63, 3.8) is 0 Å². The molecule has 0 saturated heterocycles. The number of benzene rings is 1. The molecule has 1 aromatic rings. The summed E-state index contributed by atoms with van der Waals surface area (Å²) in [5, 5.41) is 3.04. The van der Waals surface area contributed by atoms with Crippen LogP contribution >= 0.6 is 0 Å². The van der Waals surface area contributed by atoms with Crippen LogP contribution in [0.2, 0.25) is 0 Å². The van der Waals surface area contributed by atoms with Gasteiger partial charge in [-0.3, -0.25) is 10.6 Å². The summed E-state index contributed by atoms with van der Waals surface area (Å²) < 4.78 is 0. The second kappa shape index (κ2) is 4.98. The van der Waals surface area contributed by atoms with E-state index in [9.17, 15) is 4.79 Å². The van der Waals surface area contributed by atoms with Gasteiger partial charge in [-0.15, -0.1) is 0 Å². The minimum atomic E-state index is 0.01000. The Morgan fingerprint density at radius 3 is 2.67 bits per heavy atom. The molecule has 1 fully saturated rings. The van der Waals surface area contributed by atoms with Gasteiger partial charge in [-0.2, -0.15) is 0 Å². The first-order valence-electron chi connectivity index (χ1n) is 6.46. The molecule has 0 heterocycles. The van der Waals surface area contributed by atoms with Gasteiger partial charge in [0.2, 0.25) is 0 Å². The van der Waals surface area contributed by atoms with Crippen molar-refractivity contribution in [1.29, 1.82) is 0 Å². The molecular weight excluding hydrogens is 226 g/mol. The Bertz CT molecular complexity index is 452. The Hall–Kier alpha value is -1.55. The fraction of sp³-hybridized carbons (Fsp3) is 0.500. The molecule has 1 saturated carbocycles. The van der Waals surface area contributed by atoms with Gasteiger partial charge in [0.15, 0.2) is 0 Å². The van der Waals surface area contributed by atoms with Gasteiger partial charge in [-0.05, 0) is 55.4 Å². The number of nitrogens with two attached hydrogens (primary N) is 1. The average Bonchev–Trinajstić information content (AvgIpc) is 3.16. The maximum absolute atomic E-state index is 12.1. The first kappa shape index (κ1) is 12.9. The molecule has 4 nitrogen and oxygen atoms in total. The summed E-state index contributed by atoms with van der Waals surface area (Å²) in [5.41, 5.74) is 5.43. The predicted molar refractivity (Wildman–Crippen MR) is 73.3 cm³/mol. The highest BCUT2D eigenvalue weighted by Crippen LogP contribution is 2.47. The molecule has 1 amide bonds. The molecule has 98 valence electrons. The number of hydrogen-bond acceptors (Lipinski definition) is 3. The summed E-state index contributed by atoms with van der Waals surface area (Å²) in [4.78, 5) is 12.1. The van der Waals surface area contributed by atoms with E-state index in [1.54, 1.807) is 0 Å². The zero-order chi connectivity index (χ0) is 13.2. The van der Waals surface area contributed by atoms with Gasteiger partial charge in [0.25, 0.3) is 5.91 Å². The van der Waals surface area contributed by atoms with Crippen molar-refractivity contribution in [2.24, 2.45) is 11.3 Å². The zero-order valence-electron chi connectivity index (χ0n) is 11.0. The summed E-state index contributed by atoms with van der Waals surface area (Å²) in [7, 11) is 0. The highest BCUT2D eigenvalue weighted by Gasteiger charge is 2.40. The van der Waals surface area contributed by atoms with Gasteiger partial charge in [0, 0.05) is 17.8 Å². The van der Waals surface area contributed by atoms with Crippen LogP contribution in [0.1, 0.15) is 42.1 Å². The molecule has 0 aliphatic heterocycles. The first-order chi connectivity index (χ1) is 8.60. The van der Waals surface area contributed by atoms with Gasteiger partial charge in [-0.1, -0.05) is 6.92 Å². The fourth-order valence-corrected chi connectivity index (χ4v) is 2.20. The summed E-state index contributed by atoms with van der Waals surface area (Å²) >= 11 is 0. The molecule has 0 aromatic heterocycles. The first-order valence-corrected chi connectivity index (χ1v) is 6.46. The van der Waals surface area contributed by atoms with Crippen LogP contribution in [0.4, 0.5) is 5.69 Å². The second-order valence-electron chi connectivity index (χ2n) is 5.21. The largest absolute Gasteiger partial charge is 0.351 e. The van der Waals surface area contributed by atoms with Crippen LogP contribution in [0.25, 0.3) is 0 Å². The highest BCUT2D eigenvalue weighted by molar-refractivity contribution is 5.96. The lowest BCUT2D eigenvalue weighted by Crippen LogP contribution is -2.30. The van der Waals surface area contributed by atoms with E-state index in [1.165, 1.54) is 12.8 Å². The van der Waals surface area contributed by atoms with Crippen LogP contribution < -0.4 is 16.6 Å². The molecule has 0 radical (unpaired) electrons. The predicted octanol–water partition coefficient (Wildman–Crippen LogP) is 2.20. The normalized spacial score (nSPS) is 16.2. The lowest BCUT2D eigenvalue weighted by molar-refractivity contribution is 0.0944. The third-order valence-electron chi connectivity index (χ3n) is 3.97. The van der Waals surface area contributed by atoms with Crippen molar-refractivity contribution in [2.75, 3.05) is 12.0 Å². The molecule has 1 aromatic carbocycles. The van der Waals surface area contributed by atoms with Crippen LogP contribution in [-0.2, 0) is 0 Å². The van der Waals surface area contributed by atoms with E-state index in [-0.39, 0.29) is 5.91 Å². The summed E-state index contributed by atoms with van der Waals surface area (Å²) in [6.45, 7) is 4.90. The van der Waals surface area contributed by atoms with Gasteiger partial charge in [0.05, 0.1) is 0 Å². The molecule has 0 spiro atoms. The Morgan fingerprint density at radius 1 is 1.44 bits per heavy atom. The molecule has 0 bridgehead atoms. The van der Waals surface area contributed by atoms with Crippen LogP contribution in [0, 0.1) is 12.3 Å². The average molecular weight is 247 g/mol. The standard InChI is InChI=1S/C14H21N3O/c1-3-14(6-7-14)9-16-13(18)12-5-4-11(17-15)8-10(12)2/h4-5,8,17H,3,6-7,9,15H2,1-2H3,(H,16,18). The maximum Gasteiger partial charge on any atom is 0.251 e. The maximum atomic E-state index is 12.1. The number of nitrogen functional groups attached to an aromatic ring is 1. The van der Waals surface area contributed by atoms with Crippen molar-refractivity contribution in [1.82, 2.24) is 5.32 Å².